The fourth-order valence-corrected chi connectivity index (χ4v) is 4.12. The molecule has 0 amide bonds. The van der Waals surface area contributed by atoms with Crippen molar-refractivity contribution < 1.29 is 14.3 Å². The van der Waals surface area contributed by atoms with E-state index in [9.17, 15) is 0 Å². The van der Waals surface area contributed by atoms with Crippen LogP contribution < -0.4 is 5.06 Å². The predicted molar refractivity (Wildman–Crippen MR) is 112 cm³/mol. The first-order valence-corrected chi connectivity index (χ1v) is 10.2. The van der Waals surface area contributed by atoms with Crippen LogP contribution in [0.15, 0.2) is 84.9 Å². The van der Waals surface area contributed by atoms with Crippen molar-refractivity contribution in [2.45, 2.75) is 31.3 Å². The first-order chi connectivity index (χ1) is 14.4. The number of ether oxygens (including phenoxy) is 2. The minimum Gasteiger partial charge on any atom is -0.346 e. The number of anilines is 1. The lowest BCUT2D eigenvalue weighted by Crippen LogP contribution is -2.29. The van der Waals surface area contributed by atoms with Crippen LogP contribution in [0.5, 0.6) is 0 Å². The van der Waals surface area contributed by atoms with Crippen molar-refractivity contribution in [3.8, 4) is 0 Å². The quantitative estimate of drug-likeness (QED) is 0.600. The zero-order valence-electron chi connectivity index (χ0n) is 16.3. The summed E-state index contributed by atoms with van der Waals surface area (Å²) in [6.45, 7) is 1.33. The molecule has 2 aliphatic heterocycles. The Kier molecular flexibility index (Phi) is 5.31. The zero-order valence-corrected chi connectivity index (χ0v) is 16.3. The molecule has 0 spiro atoms. The molecule has 2 saturated heterocycles. The molecule has 0 aliphatic carbocycles. The van der Waals surface area contributed by atoms with Crippen LogP contribution in [0.2, 0.25) is 0 Å². The van der Waals surface area contributed by atoms with Crippen LogP contribution in [-0.2, 0) is 20.7 Å². The molecule has 5 rings (SSSR count). The average molecular weight is 387 g/mol. The van der Waals surface area contributed by atoms with Gasteiger partial charge in [-0.05, 0) is 29.7 Å². The molecule has 148 valence electrons. The average Bonchev–Trinajstić information content (AvgIpc) is 3.46. The highest BCUT2D eigenvalue weighted by atomic mass is 16.7. The molecule has 4 heteroatoms. The van der Waals surface area contributed by atoms with Crippen LogP contribution in [0.25, 0.3) is 0 Å². The second-order valence-corrected chi connectivity index (χ2v) is 7.57. The molecule has 2 fully saturated rings. The molecule has 3 aromatic rings. The second-order valence-electron chi connectivity index (χ2n) is 7.57. The van der Waals surface area contributed by atoms with Crippen LogP contribution >= 0.6 is 0 Å². The lowest BCUT2D eigenvalue weighted by Gasteiger charge is -2.25. The van der Waals surface area contributed by atoms with E-state index in [0.717, 1.165) is 24.1 Å². The Morgan fingerprint density at radius 1 is 0.724 bits per heavy atom. The smallest absolute Gasteiger partial charge is 0.184 e. The van der Waals surface area contributed by atoms with Gasteiger partial charge in [0.2, 0.25) is 0 Å². The number of para-hydroxylation sites is 1. The van der Waals surface area contributed by atoms with E-state index in [1.54, 1.807) is 0 Å². The number of nitrogens with zero attached hydrogens (tertiary/aromatic N) is 1. The lowest BCUT2D eigenvalue weighted by atomic mass is 9.97. The van der Waals surface area contributed by atoms with Crippen LogP contribution in [0, 0.1) is 0 Å². The lowest BCUT2D eigenvalue weighted by molar-refractivity contribution is -0.0441. The zero-order chi connectivity index (χ0) is 19.5. The van der Waals surface area contributed by atoms with Crippen LogP contribution in [0.1, 0.15) is 35.5 Å². The first-order valence-electron chi connectivity index (χ1n) is 10.2. The maximum atomic E-state index is 6.42. The molecule has 2 heterocycles. The minimum absolute atomic E-state index is 0.0703. The Balaban J connectivity index is 1.36. The maximum Gasteiger partial charge on any atom is 0.184 e. The Hall–Kier alpha value is -2.66. The molecule has 0 bridgehead atoms. The van der Waals surface area contributed by atoms with E-state index in [1.165, 1.54) is 11.1 Å². The van der Waals surface area contributed by atoms with Crippen molar-refractivity contribution in [2.24, 2.45) is 0 Å². The van der Waals surface area contributed by atoms with Gasteiger partial charge in [-0.1, -0.05) is 72.8 Å². The summed E-state index contributed by atoms with van der Waals surface area (Å²) in [6, 6.07) is 29.7. The summed E-state index contributed by atoms with van der Waals surface area (Å²) in [4.78, 5) is 6.42. The van der Waals surface area contributed by atoms with E-state index >= 15 is 0 Å². The molecule has 2 aliphatic rings. The van der Waals surface area contributed by atoms with E-state index in [2.05, 4.69) is 77.9 Å². The Labute approximate surface area is 171 Å². The summed E-state index contributed by atoms with van der Waals surface area (Å²) < 4.78 is 11.2. The highest BCUT2D eigenvalue weighted by molar-refractivity contribution is 5.46. The van der Waals surface area contributed by atoms with Gasteiger partial charge in [0, 0.05) is 12.0 Å². The Morgan fingerprint density at radius 3 is 2.07 bits per heavy atom. The summed E-state index contributed by atoms with van der Waals surface area (Å²) in [7, 11) is 0. The largest absolute Gasteiger partial charge is 0.346 e. The van der Waals surface area contributed by atoms with Crippen LogP contribution in [0.4, 0.5) is 5.69 Å². The van der Waals surface area contributed by atoms with Crippen molar-refractivity contribution >= 4 is 5.69 Å². The summed E-state index contributed by atoms with van der Waals surface area (Å²) >= 11 is 0. The van der Waals surface area contributed by atoms with Gasteiger partial charge in [0.25, 0.3) is 0 Å². The Morgan fingerprint density at radius 2 is 1.38 bits per heavy atom. The third-order valence-electron chi connectivity index (χ3n) is 5.59. The normalized spacial score (nSPS) is 22.3. The number of benzene rings is 3. The van der Waals surface area contributed by atoms with Gasteiger partial charge in [0.1, 0.15) is 6.10 Å². The third kappa shape index (κ3) is 4.06. The van der Waals surface area contributed by atoms with E-state index in [0.29, 0.717) is 13.2 Å². The fraction of sp³-hybridized carbons (Fsp3) is 0.280. The number of hydrogen-bond acceptors (Lipinski definition) is 4. The summed E-state index contributed by atoms with van der Waals surface area (Å²) in [5, 5.41) is 2.09. The van der Waals surface area contributed by atoms with Crippen LogP contribution in [0.3, 0.4) is 0 Å². The molecule has 0 aromatic heterocycles. The van der Waals surface area contributed by atoms with E-state index in [-0.39, 0.29) is 18.4 Å². The SMILES string of the molecule is c1ccc([C@H]2C[C@@H](Cc3ccc(C4OCCO4)cc3)N(c3ccccc3)O2)cc1. The molecule has 3 aromatic carbocycles. The van der Waals surface area contributed by atoms with Crippen molar-refractivity contribution in [3.63, 3.8) is 0 Å². The van der Waals surface area contributed by atoms with E-state index < -0.39 is 0 Å². The van der Waals surface area contributed by atoms with Gasteiger partial charge in [0.15, 0.2) is 6.29 Å². The monoisotopic (exact) mass is 387 g/mol. The molecule has 0 radical (unpaired) electrons. The van der Waals surface area contributed by atoms with E-state index in [1.807, 2.05) is 12.1 Å². The van der Waals surface area contributed by atoms with E-state index in [4.69, 9.17) is 14.3 Å². The van der Waals surface area contributed by atoms with Gasteiger partial charge in [-0.25, -0.2) is 0 Å². The van der Waals surface area contributed by atoms with Crippen molar-refractivity contribution in [3.05, 3.63) is 102 Å². The number of hydroxylamine groups is 1. The third-order valence-corrected chi connectivity index (χ3v) is 5.59. The summed E-state index contributed by atoms with van der Waals surface area (Å²) in [5.41, 5.74) is 4.69. The van der Waals surface area contributed by atoms with Gasteiger partial charge in [-0.2, -0.15) is 0 Å². The Bertz CT molecular complexity index is 908. The van der Waals surface area contributed by atoms with Gasteiger partial charge in [-0.3, -0.25) is 9.90 Å². The summed E-state index contributed by atoms with van der Waals surface area (Å²) in [6.07, 6.45) is 1.73. The van der Waals surface area contributed by atoms with Crippen molar-refractivity contribution in [2.75, 3.05) is 18.3 Å². The van der Waals surface area contributed by atoms with Gasteiger partial charge in [0.05, 0.1) is 24.9 Å². The molecule has 0 N–H and O–H groups in total. The van der Waals surface area contributed by atoms with Gasteiger partial charge in [-0.15, -0.1) is 0 Å². The highest BCUT2D eigenvalue weighted by Crippen LogP contribution is 2.38. The standard InChI is InChI=1S/C25H25NO3/c1-3-7-20(8-4-1)24-18-23(26(29-24)22-9-5-2-6-10-22)17-19-11-13-21(14-12-19)25-27-15-16-28-25/h1-14,23-25H,15-18H2/t23-,24-/m1/s1. The summed E-state index contributed by atoms with van der Waals surface area (Å²) in [5.74, 6) is 0. The molecular weight excluding hydrogens is 362 g/mol. The molecule has 2 atom stereocenters. The molecular formula is C25H25NO3. The number of rotatable bonds is 5. The second kappa shape index (κ2) is 8.37. The molecule has 29 heavy (non-hydrogen) atoms. The molecule has 0 saturated carbocycles. The first kappa shape index (κ1) is 18.4. The van der Waals surface area contributed by atoms with Crippen molar-refractivity contribution in [1.29, 1.82) is 0 Å². The number of hydrogen-bond donors (Lipinski definition) is 0. The molecule has 0 unspecified atom stereocenters. The minimum atomic E-state index is -0.220. The predicted octanol–water partition coefficient (Wildman–Crippen LogP) is 5.23. The topological polar surface area (TPSA) is 30.9 Å². The van der Waals surface area contributed by atoms with Gasteiger partial charge < -0.3 is 9.47 Å². The van der Waals surface area contributed by atoms with Gasteiger partial charge >= 0.3 is 0 Å². The molecule has 4 nitrogen and oxygen atoms in total. The highest BCUT2D eigenvalue weighted by Gasteiger charge is 2.34. The van der Waals surface area contributed by atoms with Crippen molar-refractivity contribution in [1.82, 2.24) is 0 Å². The maximum absolute atomic E-state index is 6.42. The van der Waals surface area contributed by atoms with Crippen LogP contribution in [-0.4, -0.2) is 19.3 Å². The fourth-order valence-electron chi connectivity index (χ4n) is 4.12.